The number of rotatable bonds is 2. The molecule has 0 atom stereocenters. The summed E-state index contributed by atoms with van der Waals surface area (Å²) < 4.78 is 0. The highest BCUT2D eigenvalue weighted by Crippen LogP contribution is 2.18. The monoisotopic (exact) mass is 266 g/mol. The van der Waals surface area contributed by atoms with Crippen LogP contribution in [-0.2, 0) is 9.59 Å². The standard InChI is InChI=1S/C15H26N2O2/c1-13(2,3)11(18)16-9-15(7,8)10-17-12(19)14(4,5)6/h9-10H,1-8H3. The Bertz CT molecular complexity index is 367. The fraction of sp³-hybridized carbons (Fsp3) is 0.733. The van der Waals surface area contributed by atoms with Crippen LogP contribution in [0.2, 0.25) is 0 Å². The van der Waals surface area contributed by atoms with Crippen LogP contribution in [0, 0.1) is 16.2 Å². The lowest BCUT2D eigenvalue weighted by molar-refractivity contribution is -0.125. The second-order valence-electron chi connectivity index (χ2n) is 7.45. The molecule has 2 amide bonds. The smallest absolute Gasteiger partial charge is 0.250 e. The number of nitrogens with zero attached hydrogens (tertiary/aromatic N) is 2. The van der Waals surface area contributed by atoms with E-state index in [1.165, 1.54) is 0 Å². The first kappa shape index (κ1) is 17.7. The highest BCUT2D eigenvalue weighted by atomic mass is 16.2. The summed E-state index contributed by atoms with van der Waals surface area (Å²) in [5.74, 6) is -0.368. The maximum absolute atomic E-state index is 11.7. The molecule has 0 heterocycles. The quantitative estimate of drug-likeness (QED) is 0.720. The van der Waals surface area contributed by atoms with Gasteiger partial charge in [0.2, 0.25) is 0 Å². The van der Waals surface area contributed by atoms with E-state index >= 15 is 0 Å². The normalized spacial score (nSPS) is 14.3. The summed E-state index contributed by atoms with van der Waals surface area (Å²) in [6, 6.07) is 0. The largest absolute Gasteiger partial charge is 0.272 e. The molecule has 0 aliphatic carbocycles. The predicted octanol–water partition coefficient (Wildman–Crippen LogP) is 3.30. The summed E-state index contributed by atoms with van der Waals surface area (Å²) in [6.45, 7) is 14.6. The first-order valence-corrected chi connectivity index (χ1v) is 6.45. The van der Waals surface area contributed by atoms with Crippen LogP contribution in [0.4, 0.5) is 0 Å². The zero-order chi connectivity index (χ0) is 15.5. The Kier molecular flexibility index (Phi) is 5.36. The minimum atomic E-state index is -0.526. The Labute approximate surface area is 116 Å². The number of carbonyl (C=O) groups excluding carboxylic acids is 2. The van der Waals surface area contributed by atoms with E-state index in [0.29, 0.717) is 0 Å². The van der Waals surface area contributed by atoms with Crippen LogP contribution in [-0.4, -0.2) is 24.2 Å². The van der Waals surface area contributed by atoms with E-state index in [1.807, 2.05) is 55.4 Å². The summed E-state index contributed by atoms with van der Waals surface area (Å²) in [7, 11) is 0. The third-order valence-electron chi connectivity index (χ3n) is 2.31. The SMILES string of the molecule is CC(C)(C=NC(=O)C(C)(C)C)C=NC(=O)C(C)(C)C. The average molecular weight is 266 g/mol. The van der Waals surface area contributed by atoms with E-state index in [4.69, 9.17) is 0 Å². The molecule has 0 rings (SSSR count). The van der Waals surface area contributed by atoms with Crippen molar-refractivity contribution in [3.8, 4) is 0 Å². The lowest BCUT2D eigenvalue weighted by Crippen LogP contribution is -2.23. The van der Waals surface area contributed by atoms with E-state index in [-0.39, 0.29) is 11.8 Å². The van der Waals surface area contributed by atoms with Crippen molar-refractivity contribution < 1.29 is 9.59 Å². The Balaban J connectivity index is 4.84. The maximum atomic E-state index is 11.7. The van der Waals surface area contributed by atoms with Crippen LogP contribution in [0.15, 0.2) is 9.98 Å². The molecule has 0 radical (unpaired) electrons. The molecule has 0 aliphatic heterocycles. The van der Waals surface area contributed by atoms with Gasteiger partial charge in [0.05, 0.1) is 0 Å². The Hall–Kier alpha value is -1.32. The highest BCUT2D eigenvalue weighted by Gasteiger charge is 2.23. The van der Waals surface area contributed by atoms with Crippen molar-refractivity contribution in [3.05, 3.63) is 0 Å². The van der Waals surface area contributed by atoms with Gasteiger partial charge in [0.1, 0.15) is 0 Å². The third kappa shape index (κ3) is 6.99. The maximum Gasteiger partial charge on any atom is 0.250 e. The van der Waals surface area contributed by atoms with Gasteiger partial charge in [-0.1, -0.05) is 41.5 Å². The van der Waals surface area contributed by atoms with Crippen LogP contribution in [0.25, 0.3) is 0 Å². The van der Waals surface area contributed by atoms with E-state index in [9.17, 15) is 9.59 Å². The number of hydrogen-bond donors (Lipinski definition) is 0. The molecule has 0 N–H and O–H groups in total. The fourth-order valence-electron chi connectivity index (χ4n) is 0.871. The van der Waals surface area contributed by atoms with Gasteiger partial charge >= 0.3 is 0 Å². The Morgan fingerprint density at radius 1 is 0.684 bits per heavy atom. The minimum absolute atomic E-state index is 0.184. The number of amides is 2. The molecule has 4 nitrogen and oxygen atoms in total. The van der Waals surface area contributed by atoms with Gasteiger partial charge in [-0.15, -0.1) is 0 Å². The summed E-state index contributed by atoms with van der Waals surface area (Å²) in [5, 5.41) is 0. The molecule has 4 heteroatoms. The van der Waals surface area contributed by atoms with Gasteiger partial charge in [-0.3, -0.25) is 9.59 Å². The Morgan fingerprint density at radius 2 is 0.947 bits per heavy atom. The molecular weight excluding hydrogens is 240 g/mol. The van der Waals surface area contributed by atoms with E-state index < -0.39 is 16.2 Å². The predicted molar refractivity (Wildman–Crippen MR) is 79.7 cm³/mol. The molecule has 0 saturated heterocycles. The van der Waals surface area contributed by atoms with Crippen LogP contribution < -0.4 is 0 Å². The first-order chi connectivity index (χ1) is 8.26. The van der Waals surface area contributed by atoms with Gasteiger partial charge in [0.25, 0.3) is 11.8 Å². The lowest BCUT2D eigenvalue weighted by atomic mass is 9.93. The number of aliphatic imine (C=N–C) groups is 2. The van der Waals surface area contributed by atoms with Crippen molar-refractivity contribution >= 4 is 24.2 Å². The average Bonchev–Trinajstić information content (AvgIpc) is 2.20. The van der Waals surface area contributed by atoms with Gasteiger partial charge in [0, 0.05) is 28.7 Å². The molecule has 0 fully saturated rings. The van der Waals surface area contributed by atoms with E-state index in [1.54, 1.807) is 12.4 Å². The second kappa shape index (κ2) is 5.76. The second-order valence-corrected chi connectivity index (χ2v) is 7.45. The number of carbonyl (C=O) groups is 2. The van der Waals surface area contributed by atoms with Crippen LogP contribution in [0.1, 0.15) is 55.4 Å². The van der Waals surface area contributed by atoms with E-state index in [2.05, 4.69) is 9.98 Å². The molecule has 0 aromatic carbocycles. The first-order valence-electron chi connectivity index (χ1n) is 6.45. The summed E-state index contributed by atoms with van der Waals surface area (Å²) in [5.41, 5.74) is -1.52. The minimum Gasteiger partial charge on any atom is -0.272 e. The van der Waals surface area contributed by atoms with Crippen LogP contribution in [0.5, 0.6) is 0 Å². The summed E-state index contributed by atoms with van der Waals surface area (Å²) >= 11 is 0. The molecule has 0 bridgehead atoms. The number of hydrogen-bond acceptors (Lipinski definition) is 2. The molecule has 0 aromatic heterocycles. The molecule has 108 valence electrons. The van der Waals surface area contributed by atoms with Crippen molar-refractivity contribution in [3.63, 3.8) is 0 Å². The van der Waals surface area contributed by atoms with Crippen LogP contribution >= 0.6 is 0 Å². The van der Waals surface area contributed by atoms with Gasteiger partial charge in [-0.2, -0.15) is 0 Å². The van der Waals surface area contributed by atoms with Crippen molar-refractivity contribution in [1.29, 1.82) is 0 Å². The molecule has 0 spiro atoms. The van der Waals surface area contributed by atoms with Gasteiger partial charge < -0.3 is 0 Å². The fourth-order valence-corrected chi connectivity index (χ4v) is 0.871. The van der Waals surface area contributed by atoms with Crippen molar-refractivity contribution in [2.45, 2.75) is 55.4 Å². The zero-order valence-corrected chi connectivity index (χ0v) is 13.4. The lowest BCUT2D eigenvalue weighted by Gasteiger charge is -2.17. The molecular formula is C15H26N2O2. The summed E-state index contributed by atoms with van der Waals surface area (Å²) in [6.07, 6.45) is 3.08. The summed E-state index contributed by atoms with van der Waals surface area (Å²) in [4.78, 5) is 31.3. The van der Waals surface area contributed by atoms with Gasteiger partial charge in [0.15, 0.2) is 0 Å². The topological polar surface area (TPSA) is 58.9 Å². The Morgan fingerprint density at radius 3 is 1.16 bits per heavy atom. The van der Waals surface area contributed by atoms with E-state index in [0.717, 1.165) is 0 Å². The molecule has 0 aromatic rings. The van der Waals surface area contributed by atoms with Crippen molar-refractivity contribution in [1.82, 2.24) is 0 Å². The molecule has 19 heavy (non-hydrogen) atoms. The third-order valence-corrected chi connectivity index (χ3v) is 2.31. The van der Waals surface area contributed by atoms with Gasteiger partial charge in [-0.25, -0.2) is 9.98 Å². The molecule has 0 saturated carbocycles. The molecule has 0 unspecified atom stereocenters. The van der Waals surface area contributed by atoms with Gasteiger partial charge in [-0.05, 0) is 13.8 Å². The molecule has 0 aliphatic rings. The van der Waals surface area contributed by atoms with Crippen molar-refractivity contribution in [2.24, 2.45) is 26.2 Å². The van der Waals surface area contributed by atoms with Crippen LogP contribution in [0.3, 0.4) is 0 Å². The highest BCUT2D eigenvalue weighted by molar-refractivity contribution is 5.99. The van der Waals surface area contributed by atoms with Crippen molar-refractivity contribution in [2.75, 3.05) is 0 Å². The zero-order valence-electron chi connectivity index (χ0n) is 13.4.